The van der Waals surface area contributed by atoms with Gasteiger partial charge in [0.15, 0.2) is 0 Å². The molecule has 0 aliphatic heterocycles. The van der Waals surface area contributed by atoms with Gasteiger partial charge in [0.2, 0.25) is 0 Å². The first-order chi connectivity index (χ1) is 4.98. The van der Waals surface area contributed by atoms with E-state index >= 15 is 0 Å². The van der Waals surface area contributed by atoms with E-state index in [9.17, 15) is 0 Å². The van der Waals surface area contributed by atoms with Crippen LogP contribution in [0.2, 0.25) is 0 Å². The predicted molar refractivity (Wildman–Crippen MR) is 49.4 cm³/mol. The van der Waals surface area contributed by atoms with Crippen molar-refractivity contribution in [2.75, 3.05) is 13.7 Å². The summed E-state index contributed by atoms with van der Waals surface area (Å²) in [5.74, 6) is 0.756. The van der Waals surface area contributed by atoms with Crippen molar-refractivity contribution in [2.45, 2.75) is 34.1 Å². The summed E-state index contributed by atoms with van der Waals surface area (Å²) in [6, 6.07) is 0. The van der Waals surface area contributed by atoms with Crippen LogP contribution in [-0.4, -0.2) is 13.7 Å². The van der Waals surface area contributed by atoms with Gasteiger partial charge in [-0.15, -0.1) is 5.41 Å². The van der Waals surface area contributed by atoms with E-state index < -0.39 is 0 Å². The van der Waals surface area contributed by atoms with Gasteiger partial charge >= 0.3 is 18.9 Å². The molecule has 0 saturated carbocycles. The average Bonchev–Trinajstić information content (AvgIpc) is 1.84. The van der Waals surface area contributed by atoms with Gasteiger partial charge in [0.05, 0.1) is 0 Å². The third-order valence-corrected chi connectivity index (χ3v) is 1.66. The zero-order valence-corrected chi connectivity index (χ0v) is 9.48. The first-order valence-electron chi connectivity index (χ1n) is 4.31. The molecule has 0 saturated heterocycles. The molecule has 0 heterocycles. The van der Waals surface area contributed by atoms with Gasteiger partial charge in [-0.05, 0) is 0 Å². The Hall–Kier alpha value is 0.557. The van der Waals surface area contributed by atoms with Crippen LogP contribution in [0.25, 0.3) is 0 Å². The van der Waals surface area contributed by atoms with Crippen molar-refractivity contribution in [3.05, 3.63) is 6.42 Å². The van der Waals surface area contributed by atoms with Gasteiger partial charge in [-0.25, -0.2) is 0 Å². The summed E-state index contributed by atoms with van der Waals surface area (Å²) in [4.78, 5) is 0. The van der Waals surface area contributed by atoms with Gasteiger partial charge in [0.25, 0.3) is 0 Å². The van der Waals surface area contributed by atoms with Crippen molar-refractivity contribution >= 4 is 0 Å². The number of hydrogen-bond acceptors (Lipinski definition) is 1. The molecule has 0 rings (SSSR count). The predicted octanol–water partition coefficient (Wildman–Crippen LogP) is -0.0866. The fourth-order valence-corrected chi connectivity index (χ4v) is 0.986. The first kappa shape index (κ1) is 15.0. The number of rotatable bonds is 5. The second kappa shape index (κ2) is 7.01. The van der Waals surface area contributed by atoms with Crippen molar-refractivity contribution in [3.63, 3.8) is 0 Å². The Bertz CT molecular complexity index is 100. The van der Waals surface area contributed by atoms with Gasteiger partial charge in [-0.3, -0.25) is 0 Å². The Balaban J connectivity index is 0. The molecule has 0 unspecified atom stereocenters. The molecule has 0 aliphatic carbocycles. The molecule has 2 heteroatoms. The monoisotopic (exact) mass is 164 g/mol. The average molecular weight is 164 g/mol. The first-order valence-corrected chi connectivity index (χ1v) is 4.31. The van der Waals surface area contributed by atoms with Crippen molar-refractivity contribution in [1.82, 2.24) is 0 Å². The molecule has 0 fully saturated rings. The molecule has 0 atom stereocenters. The largest absolute Gasteiger partial charge is 1.00 e. The molecule has 0 N–H and O–H groups in total. The second-order valence-electron chi connectivity index (χ2n) is 4.26. The van der Waals surface area contributed by atoms with E-state index in [2.05, 4.69) is 34.1 Å². The van der Waals surface area contributed by atoms with Gasteiger partial charge in [0, 0.05) is 13.7 Å². The van der Waals surface area contributed by atoms with E-state index in [-0.39, 0.29) is 24.3 Å². The van der Waals surface area contributed by atoms with Crippen LogP contribution in [0.15, 0.2) is 0 Å². The van der Waals surface area contributed by atoms with Gasteiger partial charge in [-0.2, -0.15) is 6.42 Å². The van der Waals surface area contributed by atoms with E-state index in [4.69, 9.17) is 4.74 Å². The Morgan fingerprint density at radius 3 is 2.17 bits per heavy atom. The van der Waals surface area contributed by atoms with E-state index in [1.807, 2.05) is 0 Å². The summed E-state index contributed by atoms with van der Waals surface area (Å²) in [7, 11) is 1.75. The van der Waals surface area contributed by atoms with Crippen molar-refractivity contribution in [2.24, 2.45) is 11.3 Å². The van der Waals surface area contributed by atoms with Crippen molar-refractivity contribution in [1.29, 1.82) is 0 Å². The molecule has 0 amide bonds. The van der Waals surface area contributed by atoms with E-state index in [1.54, 1.807) is 7.11 Å². The van der Waals surface area contributed by atoms with Crippen molar-refractivity contribution < 1.29 is 23.6 Å². The smallest absolute Gasteiger partial charge is 0.387 e. The number of methoxy groups -OCH3 is 1. The fourth-order valence-electron chi connectivity index (χ4n) is 0.986. The zero-order chi connectivity index (χ0) is 8.91. The maximum atomic E-state index is 5.11. The molecule has 0 aromatic rings. The van der Waals surface area contributed by atoms with Crippen LogP contribution in [0.1, 0.15) is 34.1 Å². The number of hydrogen-bond donors (Lipinski definition) is 0. The van der Waals surface area contributed by atoms with Crippen LogP contribution >= 0.6 is 0 Å². The Labute approximate surface area is 89.4 Å². The molecular formula is C10H21LiO. The normalized spacial score (nSPS) is 11.5. The van der Waals surface area contributed by atoms with Crippen LogP contribution in [0.5, 0.6) is 0 Å². The van der Waals surface area contributed by atoms with Crippen LogP contribution in [-0.2, 0) is 4.74 Å². The van der Waals surface area contributed by atoms with Crippen LogP contribution in [0.3, 0.4) is 0 Å². The second-order valence-corrected chi connectivity index (χ2v) is 4.26. The summed E-state index contributed by atoms with van der Waals surface area (Å²) in [6.45, 7) is 9.70. The van der Waals surface area contributed by atoms with Gasteiger partial charge in [0.1, 0.15) is 0 Å². The van der Waals surface area contributed by atoms with E-state index in [1.165, 1.54) is 6.42 Å². The maximum absolute atomic E-state index is 5.11. The Kier molecular flexibility index (Phi) is 8.79. The molecule has 1 nitrogen and oxygen atoms in total. The number of ether oxygens (including phenoxy) is 1. The molecule has 0 aromatic heterocycles. The van der Waals surface area contributed by atoms with Crippen LogP contribution in [0, 0.1) is 17.8 Å². The summed E-state index contributed by atoms with van der Waals surface area (Å²) < 4.78 is 5.11. The molecule has 0 radical (unpaired) electrons. The standard InChI is InChI=1S/C10H21O.Li/c1-9(2)6-7-10(3,4)8-11-5;/h7,9H,6,8H2,1-5H3;/q-1;+1. The molecule has 68 valence electrons. The quantitative estimate of drug-likeness (QED) is 0.408. The minimum Gasteiger partial charge on any atom is -0.387 e. The molecule has 0 aromatic carbocycles. The van der Waals surface area contributed by atoms with E-state index in [0.29, 0.717) is 0 Å². The summed E-state index contributed by atoms with van der Waals surface area (Å²) in [6.07, 6.45) is 3.53. The third kappa shape index (κ3) is 8.65. The Morgan fingerprint density at radius 2 is 1.83 bits per heavy atom. The molecule has 0 bridgehead atoms. The third-order valence-electron chi connectivity index (χ3n) is 1.66. The Morgan fingerprint density at radius 1 is 1.33 bits per heavy atom. The summed E-state index contributed by atoms with van der Waals surface area (Å²) >= 11 is 0. The molecule has 12 heavy (non-hydrogen) atoms. The molecule has 0 spiro atoms. The topological polar surface area (TPSA) is 9.23 Å². The minimum absolute atomic E-state index is 0. The van der Waals surface area contributed by atoms with Gasteiger partial charge in [-0.1, -0.05) is 33.6 Å². The minimum atomic E-state index is 0. The van der Waals surface area contributed by atoms with Crippen LogP contribution in [0.4, 0.5) is 0 Å². The van der Waals surface area contributed by atoms with E-state index in [0.717, 1.165) is 12.5 Å². The van der Waals surface area contributed by atoms with Crippen LogP contribution < -0.4 is 18.9 Å². The molecule has 0 aliphatic rings. The fraction of sp³-hybridized carbons (Fsp3) is 0.900. The molecular weight excluding hydrogens is 143 g/mol. The summed E-state index contributed by atoms with van der Waals surface area (Å²) in [5.41, 5.74) is 0.235. The van der Waals surface area contributed by atoms with Gasteiger partial charge < -0.3 is 11.2 Å². The maximum Gasteiger partial charge on any atom is 1.00 e. The zero-order valence-electron chi connectivity index (χ0n) is 9.48. The SMILES string of the molecule is COCC(C)(C)[CH-]CC(C)C.[Li+]. The van der Waals surface area contributed by atoms with Crippen molar-refractivity contribution in [3.8, 4) is 0 Å². The summed E-state index contributed by atoms with van der Waals surface area (Å²) in [5, 5.41) is 0.